The van der Waals surface area contributed by atoms with Crippen molar-refractivity contribution in [2.75, 3.05) is 6.54 Å². The van der Waals surface area contributed by atoms with E-state index in [-0.39, 0.29) is 17.1 Å². The van der Waals surface area contributed by atoms with Crippen molar-refractivity contribution in [1.29, 1.82) is 0 Å². The van der Waals surface area contributed by atoms with Crippen LogP contribution in [0.5, 0.6) is 0 Å². The van der Waals surface area contributed by atoms with E-state index in [4.69, 9.17) is 16.0 Å². The van der Waals surface area contributed by atoms with Crippen LogP contribution in [0.25, 0.3) is 11.0 Å². The Balaban J connectivity index is 1.66. The van der Waals surface area contributed by atoms with Gasteiger partial charge in [0.05, 0.1) is 17.0 Å². The molecule has 5 rings (SSSR count). The van der Waals surface area contributed by atoms with Crippen LogP contribution in [0.15, 0.2) is 88.1 Å². The second-order valence-corrected chi connectivity index (χ2v) is 7.80. The normalized spacial score (nSPS) is 15.6. The molecule has 1 aliphatic heterocycles. The number of halogens is 1. The summed E-state index contributed by atoms with van der Waals surface area (Å²) >= 11 is 6.24. The maximum atomic E-state index is 13.4. The van der Waals surface area contributed by atoms with Crippen LogP contribution in [-0.4, -0.2) is 17.4 Å². The van der Waals surface area contributed by atoms with E-state index in [9.17, 15) is 9.59 Å². The first-order chi connectivity index (χ1) is 14.6. The summed E-state index contributed by atoms with van der Waals surface area (Å²) in [6.45, 7) is 0.458. The second-order valence-electron chi connectivity index (χ2n) is 7.36. The first-order valence-corrected chi connectivity index (χ1v) is 10.2. The summed E-state index contributed by atoms with van der Waals surface area (Å²) in [5, 5.41) is 1.03. The first kappa shape index (κ1) is 18.6. The number of rotatable bonds is 4. The minimum absolute atomic E-state index is 0.122. The smallest absolute Gasteiger partial charge is 0.290 e. The Labute approximate surface area is 178 Å². The van der Waals surface area contributed by atoms with Crippen molar-refractivity contribution >= 4 is 28.5 Å². The lowest BCUT2D eigenvalue weighted by molar-refractivity contribution is 0.0730. The molecule has 0 radical (unpaired) electrons. The number of benzene rings is 3. The molecule has 0 spiro atoms. The van der Waals surface area contributed by atoms with Gasteiger partial charge >= 0.3 is 0 Å². The Bertz CT molecular complexity index is 1310. The molecule has 4 nitrogen and oxygen atoms in total. The Morgan fingerprint density at radius 2 is 1.67 bits per heavy atom. The van der Waals surface area contributed by atoms with Gasteiger partial charge in [-0.1, -0.05) is 66.2 Å². The maximum Gasteiger partial charge on any atom is 0.290 e. The van der Waals surface area contributed by atoms with Gasteiger partial charge in [-0.15, -0.1) is 0 Å². The summed E-state index contributed by atoms with van der Waals surface area (Å²) in [5.74, 6) is -0.148. The third kappa shape index (κ3) is 3.10. The van der Waals surface area contributed by atoms with E-state index in [0.717, 1.165) is 11.1 Å². The van der Waals surface area contributed by atoms with E-state index in [1.807, 2.05) is 42.5 Å². The molecule has 4 aromatic rings. The van der Waals surface area contributed by atoms with Crippen LogP contribution in [0.3, 0.4) is 0 Å². The number of para-hydroxylation sites is 1. The largest absolute Gasteiger partial charge is 0.450 e. The third-order valence-corrected chi connectivity index (χ3v) is 5.76. The molecular formula is C25H18ClNO3. The van der Waals surface area contributed by atoms with Gasteiger partial charge < -0.3 is 9.32 Å². The highest BCUT2D eigenvalue weighted by Crippen LogP contribution is 2.38. The number of nitrogens with zero attached hydrogens (tertiary/aromatic N) is 1. The van der Waals surface area contributed by atoms with Crippen molar-refractivity contribution in [3.63, 3.8) is 0 Å². The molecule has 0 N–H and O–H groups in total. The summed E-state index contributed by atoms with van der Waals surface area (Å²) in [7, 11) is 0. The van der Waals surface area contributed by atoms with Crippen molar-refractivity contribution in [3.05, 3.63) is 117 Å². The van der Waals surface area contributed by atoms with Gasteiger partial charge in [-0.2, -0.15) is 0 Å². The topological polar surface area (TPSA) is 50.5 Å². The molecule has 148 valence electrons. The third-order valence-electron chi connectivity index (χ3n) is 5.52. The summed E-state index contributed by atoms with van der Waals surface area (Å²) in [5.41, 5.74) is 2.55. The zero-order valence-corrected chi connectivity index (χ0v) is 16.8. The van der Waals surface area contributed by atoms with Crippen LogP contribution in [-0.2, 0) is 6.42 Å². The Kier molecular flexibility index (Phi) is 4.64. The zero-order valence-electron chi connectivity index (χ0n) is 16.0. The molecule has 0 aliphatic carbocycles. The fourth-order valence-electron chi connectivity index (χ4n) is 4.12. The maximum absolute atomic E-state index is 13.4. The predicted molar refractivity (Wildman–Crippen MR) is 117 cm³/mol. The summed E-state index contributed by atoms with van der Waals surface area (Å²) in [4.78, 5) is 28.4. The highest BCUT2D eigenvalue weighted by atomic mass is 35.5. The average Bonchev–Trinajstić information content (AvgIpc) is 3.05. The molecule has 2 heterocycles. The number of carbonyl (C=O) groups is 1. The van der Waals surface area contributed by atoms with E-state index >= 15 is 0 Å². The van der Waals surface area contributed by atoms with Crippen molar-refractivity contribution in [3.8, 4) is 0 Å². The molecule has 5 heteroatoms. The van der Waals surface area contributed by atoms with Crippen LogP contribution in [0.2, 0.25) is 5.02 Å². The monoisotopic (exact) mass is 415 g/mol. The van der Waals surface area contributed by atoms with Gasteiger partial charge in [0.15, 0.2) is 5.43 Å². The van der Waals surface area contributed by atoms with Crippen LogP contribution in [0.1, 0.15) is 33.3 Å². The molecular weight excluding hydrogens is 398 g/mol. The lowest BCUT2D eigenvalue weighted by atomic mass is 9.98. The van der Waals surface area contributed by atoms with Crippen molar-refractivity contribution in [2.45, 2.75) is 12.5 Å². The van der Waals surface area contributed by atoms with Gasteiger partial charge in [0.25, 0.3) is 5.91 Å². The lowest BCUT2D eigenvalue weighted by Gasteiger charge is -2.25. The molecule has 3 aromatic carbocycles. The minimum atomic E-state index is -0.532. The zero-order chi connectivity index (χ0) is 20.7. The molecule has 1 aromatic heterocycles. The van der Waals surface area contributed by atoms with E-state index in [2.05, 4.69) is 0 Å². The number of amides is 1. The average molecular weight is 416 g/mol. The van der Waals surface area contributed by atoms with Gasteiger partial charge in [-0.3, -0.25) is 9.59 Å². The standard InChI is InChI=1S/C25H18ClNO3/c26-18-10-6-9-17(15-18)22-21-23(28)19-11-4-5-12-20(19)30-24(21)25(29)27(22)14-13-16-7-2-1-3-8-16/h1-12,15,22H,13-14H2/t22-/m0/s1. The fourth-order valence-corrected chi connectivity index (χ4v) is 4.31. The quantitative estimate of drug-likeness (QED) is 0.458. The number of hydrogen-bond acceptors (Lipinski definition) is 3. The summed E-state index contributed by atoms with van der Waals surface area (Å²) in [6, 6.07) is 23.8. The second kappa shape index (κ2) is 7.47. The Morgan fingerprint density at radius 3 is 2.47 bits per heavy atom. The fraction of sp³-hybridized carbons (Fsp3) is 0.120. The predicted octanol–water partition coefficient (Wildman–Crippen LogP) is 5.23. The molecule has 0 fully saturated rings. The summed E-state index contributed by atoms with van der Waals surface area (Å²) < 4.78 is 5.94. The molecule has 0 saturated carbocycles. The minimum Gasteiger partial charge on any atom is -0.450 e. The first-order valence-electron chi connectivity index (χ1n) is 9.79. The van der Waals surface area contributed by atoms with Crippen LogP contribution >= 0.6 is 11.6 Å². The van der Waals surface area contributed by atoms with E-state index in [1.54, 1.807) is 41.3 Å². The highest BCUT2D eigenvalue weighted by Gasteiger charge is 2.42. The van der Waals surface area contributed by atoms with Gasteiger partial charge in [0, 0.05) is 11.6 Å². The molecule has 1 atom stereocenters. The number of hydrogen-bond donors (Lipinski definition) is 0. The Hall–Kier alpha value is -3.37. The SMILES string of the molecule is O=C1c2oc3ccccc3c(=O)c2[C@H](c2cccc(Cl)c2)N1CCc1ccccc1. The van der Waals surface area contributed by atoms with Crippen molar-refractivity contribution in [2.24, 2.45) is 0 Å². The molecule has 1 amide bonds. The molecule has 1 aliphatic rings. The van der Waals surface area contributed by atoms with E-state index in [1.165, 1.54) is 0 Å². The van der Waals surface area contributed by atoms with Crippen molar-refractivity contribution < 1.29 is 9.21 Å². The molecule has 0 saturated heterocycles. The lowest BCUT2D eigenvalue weighted by Crippen LogP contribution is -2.31. The number of carbonyl (C=O) groups excluding carboxylic acids is 1. The Morgan fingerprint density at radius 1 is 0.900 bits per heavy atom. The highest BCUT2D eigenvalue weighted by molar-refractivity contribution is 6.30. The number of fused-ring (bicyclic) bond motifs is 2. The molecule has 0 bridgehead atoms. The van der Waals surface area contributed by atoms with Gasteiger partial charge in [-0.05, 0) is 41.8 Å². The van der Waals surface area contributed by atoms with Crippen LogP contribution in [0.4, 0.5) is 0 Å². The van der Waals surface area contributed by atoms with Gasteiger partial charge in [0.2, 0.25) is 5.76 Å². The molecule has 0 unspecified atom stereocenters. The van der Waals surface area contributed by atoms with Gasteiger partial charge in [-0.25, -0.2) is 0 Å². The van der Waals surface area contributed by atoms with Crippen LogP contribution < -0.4 is 5.43 Å². The van der Waals surface area contributed by atoms with E-state index < -0.39 is 6.04 Å². The van der Waals surface area contributed by atoms with Crippen molar-refractivity contribution in [1.82, 2.24) is 4.90 Å². The van der Waals surface area contributed by atoms with E-state index in [0.29, 0.717) is 34.5 Å². The van der Waals surface area contributed by atoms with Gasteiger partial charge in [0.1, 0.15) is 5.58 Å². The molecule has 30 heavy (non-hydrogen) atoms. The summed E-state index contributed by atoms with van der Waals surface area (Å²) in [6.07, 6.45) is 0.672. The van der Waals surface area contributed by atoms with Crippen LogP contribution in [0, 0.1) is 0 Å².